The minimum Gasteiger partial charge on any atom is -0.356 e. The van der Waals surface area contributed by atoms with Crippen LogP contribution in [0.25, 0.3) is 0 Å². The Morgan fingerprint density at radius 1 is 1.20 bits per heavy atom. The highest BCUT2D eigenvalue weighted by Crippen LogP contribution is 2.26. The Kier molecular flexibility index (Phi) is 4.01. The number of nitrogens with one attached hydrogen (secondary N) is 2. The molecule has 0 unspecified atom stereocenters. The van der Waals surface area contributed by atoms with Gasteiger partial charge >= 0.3 is 0 Å². The third-order valence-corrected chi connectivity index (χ3v) is 3.69. The van der Waals surface area contributed by atoms with Crippen LogP contribution in [0.4, 0.5) is 0 Å². The summed E-state index contributed by atoms with van der Waals surface area (Å²) < 4.78 is 0. The van der Waals surface area contributed by atoms with Gasteiger partial charge in [0.05, 0.1) is 0 Å². The maximum Gasteiger partial charge on any atom is 0.220 e. The molecule has 0 aromatic rings. The maximum absolute atomic E-state index is 11.5. The first-order valence-corrected chi connectivity index (χ1v) is 6.32. The molecular weight excluding hydrogens is 188 g/mol. The molecule has 0 bridgehead atoms. The molecule has 15 heavy (non-hydrogen) atoms. The first-order valence-electron chi connectivity index (χ1n) is 6.32. The number of hydrogen-bond donors (Lipinski definition) is 2. The molecule has 1 saturated carbocycles. The minimum atomic E-state index is 0.250. The third kappa shape index (κ3) is 3.49. The topological polar surface area (TPSA) is 41.1 Å². The van der Waals surface area contributed by atoms with Gasteiger partial charge in [-0.25, -0.2) is 0 Å². The van der Waals surface area contributed by atoms with Gasteiger partial charge in [0.1, 0.15) is 0 Å². The second kappa shape index (κ2) is 5.50. The first kappa shape index (κ1) is 10.9. The largest absolute Gasteiger partial charge is 0.356 e. The van der Waals surface area contributed by atoms with E-state index in [0.29, 0.717) is 5.92 Å². The molecule has 2 fully saturated rings. The van der Waals surface area contributed by atoms with Gasteiger partial charge in [0.2, 0.25) is 5.91 Å². The highest BCUT2D eigenvalue weighted by atomic mass is 16.1. The average molecular weight is 210 g/mol. The molecule has 86 valence electrons. The van der Waals surface area contributed by atoms with Crippen molar-refractivity contribution in [1.29, 1.82) is 0 Å². The summed E-state index contributed by atoms with van der Waals surface area (Å²) >= 11 is 0. The molecule has 1 heterocycles. The molecule has 1 amide bonds. The number of rotatable bonds is 5. The van der Waals surface area contributed by atoms with Crippen LogP contribution in [0.1, 0.15) is 38.5 Å². The molecule has 0 spiro atoms. The summed E-state index contributed by atoms with van der Waals surface area (Å²) in [6.07, 6.45) is 7.45. The van der Waals surface area contributed by atoms with Crippen molar-refractivity contribution in [3.05, 3.63) is 0 Å². The Morgan fingerprint density at radius 3 is 2.53 bits per heavy atom. The van der Waals surface area contributed by atoms with Crippen LogP contribution in [0.15, 0.2) is 0 Å². The van der Waals surface area contributed by atoms with Crippen LogP contribution in [0.3, 0.4) is 0 Å². The number of amides is 1. The Labute approximate surface area is 92.0 Å². The second-order valence-electron chi connectivity index (χ2n) is 5.02. The Bertz CT molecular complexity index is 208. The zero-order chi connectivity index (χ0) is 10.5. The standard InChI is InChI=1S/C12H22N2O/c15-12(7-11-8-13-9-11)14-6-5-10-3-1-2-4-10/h10-11,13H,1-9H2,(H,14,15). The van der Waals surface area contributed by atoms with Gasteiger partial charge in [-0.1, -0.05) is 25.7 Å². The first-order chi connectivity index (χ1) is 7.34. The molecule has 2 rings (SSSR count). The molecule has 2 N–H and O–H groups in total. The predicted octanol–water partition coefficient (Wildman–Crippen LogP) is 1.29. The minimum absolute atomic E-state index is 0.250. The summed E-state index contributed by atoms with van der Waals surface area (Å²) in [4.78, 5) is 11.5. The zero-order valence-corrected chi connectivity index (χ0v) is 9.43. The Morgan fingerprint density at radius 2 is 1.93 bits per heavy atom. The van der Waals surface area contributed by atoms with Crippen LogP contribution in [-0.2, 0) is 4.79 Å². The molecule has 3 nitrogen and oxygen atoms in total. The van der Waals surface area contributed by atoms with E-state index in [9.17, 15) is 4.79 Å². The van der Waals surface area contributed by atoms with Crippen molar-refractivity contribution in [2.45, 2.75) is 38.5 Å². The van der Waals surface area contributed by atoms with Crippen molar-refractivity contribution in [3.63, 3.8) is 0 Å². The summed E-state index contributed by atoms with van der Waals surface area (Å²) in [7, 11) is 0. The fourth-order valence-electron chi connectivity index (χ4n) is 2.54. The normalized spacial score (nSPS) is 22.7. The quantitative estimate of drug-likeness (QED) is 0.718. The summed E-state index contributed by atoms with van der Waals surface area (Å²) in [5.74, 6) is 1.73. The summed E-state index contributed by atoms with van der Waals surface area (Å²) in [6, 6.07) is 0. The molecule has 0 atom stereocenters. The van der Waals surface area contributed by atoms with Gasteiger partial charge in [0.25, 0.3) is 0 Å². The molecule has 1 aliphatic heterocycles. The lowest BCUT2D eigenvalue weighted by atomic mass is 9.99. The van der Waals surface area contributed by atoms with Crippen molar-refractivity contribution in [1.82, 2.24) is 10.6 Å². The monoisotopic (exact) mass is 210 g/mol. The lowest BCUT2D eigenvalue weighted by Crippen LogP contribution is -2.44. The van der Waals surface area contributed by atoms with E-state index < -0.39 is 0 Å². The van der Waals surface area contributed by atoms with E-state index in [0.717, 1.165) is 32.0 Å². The van der Waals surface area contributed by atoms with Crippen molar-refractivity contribution < 1.29 is 4.79 Å². The van der Waals surface area contributed by atoms with Gasteiger partial charge in [-0.2, -0.15) is 0 Å². The van der Waals surface area contributed by atoms with E-state index in [4.69, 9.17) is 0 Å². The van der Waals surface area contributed by atoms with Crippen LogP contribution in [0.2, 0.25) is 0 Å². The number of hydrogen-bond acceptors (Lipinski definition) is 2. The van der Waals surface area contributed by atoms with Gasteiger partial charge in [0.15, 0.2) is 0 Å². The fourth-order valence-corrected chi connectivity index (χ4v) is 2.54. The SMILES string of the molecule is O=C(CC1CNC1)NCCC1CCCC1. The smallest absolute Gasteiger partial charge is 0.220 e. The zero-order valence-electron chi connectivity index (χ0n) is 9.43. The molecule has 1 aliphatic carbocycles. The van der Waals surface area contributed by atoms with Gasteiger partial charge in [0, 0.05) is 13.0 Å². The number of carbonyl (C=O) groups excluding carboxylic acids is 1. The van der Waals surface area contributed by atoms with E-state index in [2.05, 4.69) is 10.6 Å². The highest BCUT2D eigenvalue weighted by Gasteiger charge is 2.20. The van der Waals surface area contributed by atoms with Crippen molar-refractivity contribution in [2.24, 2.45) is 11.8 Å². The predicted molar refractivity (Wildman–Crippen MR) is 60.6 cm³/mol. The van der Waals surface area contributed by atoms with Crippen molar-refractivity contribution in [3.8, 4) is 0 Å². The molecule has 2 aliphatic rings. The fraction of sp³-hybridized carbons (Fsp3) is 0.917. The van der Waals surface area contributed by atoms with E-state index in [1.165, 1.54) is 32.1 Å². The van der Waals surface area contributed by atoms with Crippen LogP contribution < -0.4 is 10.6 Å². The van der Waals surface area contributed by atoms with Crippen molar-refractivity contribution >= 4 is 5.91 Å². The summed E-state index contributed by atoms with van der Waals surface area (Å²) in [5, 5.41) is 6.23. The second-order valence-corrected chi connectivity index (χ2v) is 5.02. The van der Waals surface area contributed by atoms with Crippen LogP contribution in [-0.4, -0.2) is 25.5 Å². The van der Waals surface area contributed by atoms with Gasteiger partial charge in [-0.3, -0.25) is 4.79 Å². The summed E-state index contributed by atoms with van der Waals surface area (Å²) in [5.41, 5.74) is 0. The van der Waals surface area contributed by atoms with Gasteiger partial charge in [-0.05, 0) is 31.3 Å². The van der Waals surface area contributed by atoms with Gasteiger partial charge < -0.3 is 10.6 Å². The average Bonchev–Trinajstić information content (AvgIpc) is 2.64. The van der Waals surface area contributed by atoms with Crippen LogP contribution in [0, 0.1) is 11.8 Å². The van der Waals surface area contributed by atoms with Crippen LogP contribution >= 0.6 is 0 Å². The maximum atomic E-state index is 11.5. The van der Waals surface area contributed by atoms with E-state index in [-0.39, 0.29) is 5.91 Å². The van der Waals surface area contributed by atoms with E-state index >= 15 is 0 Å². The van der Waals surface area contributed by atoms with Gasteiger partial charge in [-0.15, -0.1) is 0 Å². The molecular formula is C12H22N2O. The molecule has 0 aromatic heterocycles. The van der Waals surface area contributed by atoms with Crippen molar-refractivity contribution in [2.75, 3.05) is 19.6 Å². The Hall–Kier alpha value is -0.570. The van der Waals surface area contributed by atoms with E-state index in [1.807, 2.05) is 0 Å². The lowest BCUT2D eigenvalue weighted by Gasteiger charge is -2.26. The van der Waals surface area contributed by atoms with Crippen LogP contribution in [0.5, 0.6) is 0 Å². The third-order valence-electron chi connectivity index (χ3n) is 3.69. The summed E-state index contributed by atoms with van der Waals surface area (Å²) in [6.45, 7) is 2.94. The molecule has 0 radical (unpaired) electrons. The molecule has 3 heteroatoms. The molecule has 1 saturated heterocycles. The number of carbonyl (C=O) groups is 1. The molecule has 0 aromatic carbocycles. The van der Waals surface area contributed by atoms with E-state index in [1.54, 1.807) is 0 Å². The Balaban J connectivity index is 1.50. The highest BCUT2D eigenvalue weighted by molar-refractivity contribution is 5.76. The lowest BCUT2D eigenvalue weighted by molar-refractivity contribution is -0.122.